The predicted octanol–water partition coefficient (Wildman–Crippen LogP) is 2.55. The Morgan fingerprint density at radius 2 is 1.71 bits per heavy atom. The van der Waals surface area contributed by atoms with Crippen molar-refractivity contribution in [2.75, 3.05) is 0 Å². The van der Waals surface area contributed by atoms with Crippen molar-refractivity contribution in [3.63, 3.8) is 0 Å². The second kappa shape index (κ2) is 8.86. The van der Waals surface area contributed by atoms with Crippen molar-refractivity contribution in [3.8, 4) is 11.5 Å². The largest absolute Gasteiger partial charge is 0.507 e. The number of aliphatic hydroxyl groups excluding tert-OH is 2. The van der Waals surface area contributed by atoms with Gasteiger partial charge in [-0.25, -0.2) is 0 Å². The summed E-state index contributed by atoms with van der Waals surface area (Å²) in [5.41, 5.74) is -1.28. The lowest BCUT2D eigenvalue weighted by atomic mass is 9.80. The number of aromatic hydroxyl groups is 2. The van der Waals surface area contributed by atoms with E-state index in [0.717, 1.165) is 6.07 Å². The maximum absolute atomic E-state index is 13.4. The predicted molar refractivity (Wildman–Crippen MR) is 111 cm³/mol. The minimum atomic E-state index is -1.37. The number of epoxide rings is 1. The number of Topliss-reactive ketones (excluding diaryl/α,β-unsaturated/α-hetero) is 2. The fourth-order valence-corrected chi connectivity index (χ4v) is 4.56. The molecule has 2 aliphatic rings. The number of ether oxygens (including phenoxy) is 2. The number of benzene rings is 1. The first-order valence-electron chi connectivity index (χ1n) is 10.9. The lowest BCUT2D eigenvalue weighted by Crippen LogP contribution is -2.55. The van der Waals surface area contributed by atoms with E-state index in [4.69, 9.17) is 9.47 Å². The normalized spacial score (nSPS) is 31.1. The Hall–Kier alpha value is -2.00. The Kier molecular flexibility index (Phi) is 6.76. The zero-order valence-corrected chi connectivity index (χ0v) is 18.4. The second-order valence-electron chi connectivity index (χ2n) is 8.81. The van der Waals surface area contributed by atoms with Gasteiger partial charge in [-0.3, -0.25) is 9.59 Å². The topological polar surface area (TPSA) is 137 Å². The van der Waals surface area contributed by atoms with Crippen molar-refractivity contribution in [1.29, 1.82) is 0 Å². The monoisotopic (exact) mass is 436 g/mol. The smallest absolute Gasteiger partial charge is 0.189 e. The zero-order valence-electron chi connectivity index (χ0n) is 18.4. The van der Waals surface area contributed by atoms with Crippen molar-refractivity contribution >= 4 is 11.6 Å². The summed E-state index contributed by atoms with van der Waals surface area (Å²) in [7, 11) is 0. The van der Waals surface area contributed by atoms with Crippen molar-refractivity contribution < 1.29 is 39.5 Å². The van der Waals surface area contributed by atoms with Crippen LogP contribution in [-0.2, 0) is 9.47 Å². The Labute approximate surface area is 181 Å². The number of rotatable bonds is 8. The standard InChI is InChI=1S/C23H32O8/c1-5-7-12(17-10-18(26)23(22(29)30-17)19(6-2)31-23)21(28)14-8-13(20(27)11(3)4)15(24)9-16(14)25/h8-9,11-12,17-19,22,24-26,29H,5-7,10H2,1-4H3/t12-,17+,18+,19-,22+,23-/m0/s1. The molecule has 0 aliphatic carbocycles. The molecule has 0 amide bonds. The number of aliphatic hydroxyl groups is 2. The van der Waals surface area contributed by atoms with Gasteiger partial charge >= 0.3 is 0 Å². The number of phenols is 2. The van der Waals surface area contributed by atoms with Gasteiger partial charge in [0, 0.05) is 24.3 Å². The van der Waals surface area contributed by atoms with Gasteiger partial charge in [0.25, 0.3) is 0 Å². The van der Waals surface area contributed by atoms with Crippen LogP contribution in [0.3, 0.4) is 0 Å². The van der Waals surface area contributed by atoms with Crippen LogP contribution in [0, 0.1) is 11.8 Å². The van der Waals surface area contributed by atoms with Gasteiger partial charge in [0.15, 0.2) is 23.5 Å². The molecule has 172 valence electrons. The molecule has 31 heavy (non-hydrogen) atoms. The van der Waals surface area contributed by atoms with E-state index < -0.39 is 53.2 Å². The molecule has 8 heteroatoms. The molecule has 2 heterocycles. The third kappa shape index (κ3) is 4.09. The van der Waals surface area contributed by atoms with Gasteiger partial charge in [0.05, 0.1) is 29.4 Å². The van der Waals surface area contributed by atoms with Crippen LogP contribution >= 0.6 is 0 Å². The van der Waals surface area contributed by atoms with Gasteiger partial charge in [0.1, 0.15) is 11.5 Å². The van der Waals surface area contributed by atoms with Crippen LogP contribution < -0.4 is 0 Å². The third-order valence-corrected chi connectivity index (χ3v) is 6.38. The molecule has 0 unspecified atom stereocenters. The van der Waals surface area contributed by atoms with Crippen LogP contribution in [0.4, 0.5) is 0 Å². The molecule has 1 aromatic rings. The molecule has 4 N–H and O–H groups in total. The van der Waals surface area contributed by atoms with Crippen molar-refractivity contribution in [1.82, 2.24) is 0 Å². The Bertz CT molecular complexity index is 836. The lowest BCUT2D eigenvalue weighted by Gasteiger charge is -2.39. The van der Waals surface area contributed by atoms with Gasteiger partial charge in [0.2, 0.25) is 0 Å². The molecule has 8 nitrogen and oxygen atoms in total. The summed E-state index contributed by atoms with van der Waals surface area (Å²) in [6.07, 6.45) is -1.73. The fraction of sp³-hybridized carbons (Fsp3) is 0.652. The Morgan fingerprint density at radius 1 is 1.10 bits per heavy atom. The van der Waals surface area contributed by atoms with E-state index in [9.17, 15) is 30.0 Å². The summed E-state index contributed by atoms with van der Waals surface area (Å²) in [5.74, 6) is -2.81. The molecule has 0 radical (unpaired) electrons. The summed E-state index contributed by atoms with van der Waals surface area (Å²) in [4.78, 5) is 25.8. The summed E-state index contributed by atoms with van der Waals surface area (Å²) in [6, 6.07) is 2.21. The second-order valence-corrected chi connectivity index (χ2v) is 8.81. The average molecular weight is 437 g/mol. The minimum absolute atomic E-state index is 0.0350. The molecule has 2 saturated heterocycles. The van der Waals surface area contributed by atoms with Crippen LogP contribution in [0.2, 0.25) is 0 Å². The summed E-state index contributed by atoms with van der Waals surface area (Å²) in [6.45, 7) is 7.12. The third-order valence-electron chi connectivity index (χ3n) is 6.38. The highest BCUT2D eigenvalue weighted by Gasteiger charge is 2.68. The van der Waals surface area contributed by atoms with Gasteiger partial charge in [-0.05, 0) is 18.9 Å². The molecule has 0 saturated carbocycles. The molecule has 1 aromatic carbocycles. The Morgan fingerprint density at radius 3 is 2.19 bits per heavy atom. The SMILES string of the molecule is CCC[C@H](C(=O)c1cc(C(=O)C(C)C)c(O)cc1O)[C@H]1C[C@@H](O)[C@@]2(O[C@H]2CC)[C@H](O)O1. The number of hydrogen-bond donors (Lipinski definition) is 4. The summed E-state index contributed by atoms with van der Waals surface area (Å²) < 4.78 is 11.3. The number of hydrogen-bond acceptors (Lipinski definition) is 8. The number of ketones is 2. The van der Waals surface area contributed by atoms with Crippen molar-refractivity contribution in [2.24, 2.45) is 11.8 Å². The van der Waals surface area contributed by atoms with E-state index in [0.29, 0.717) is 19.3 Å². The number of carbonyl (C=O) groups is 2. The number of carbonyl (C=O) groups excluding carboxylic acids is 2. The first kappa shape index (κ1) is 23.7. The number of phenolic OH excluding ortho intramolecular Hbond substituents is 2. The molecule has 1 spiro atoms. The van der Waals surface area contributed by atoms with Crippen molar-refractivity contribution in [2.45, 2.75) is 83.6 Å². The van der Waals surface area contributed by atoms with Gasteiger partial charge in [-0.1, -0.05) is 34.1 Å². The van der Waals surface area contributed by atoms with E-state index in [2.05, 4.69) is 0 Å². The van der Waals surface area contributed by atoms with Crippen LogP contribution in [-0.4, -0.2) is 62.2 Å². The molecule has 2 fully saturated rings. The highest BCUT2D eigenvalue weighted by atomic mass is 16.7. The first-order valence-corrected chi connectivity index (χ1v) is 10.9. The van der Waals surface area contributed by atoms with E-state index >= 15 is 0 Å². The van der Waals surface area contributed by atoms with Crippen LogP contribution in [0.5, 0.6) is 11.5 Å². The molecule has 6 atom stereocenters. The summed E-state index contributed by atoms with van der Waals surface area (Å²) >= 11 is 0. The maximum atomic E-state index is 13.4. The Balaban J connectivity index is 1.90. The molecule has 2 aliphatic heterocycles. The highest BCUT2D eigenvalue weighted by Crippen LogP contribution is 2.50. The van der Waals surface area contributed by atoms with Crippen LogP contribution in [0.15, 0.2) is 12.1 Å². The molecule has 0 bridgehead atoms. The summed E-state index contributed by atoms with van der Waals surface area (Å²) in [5, 5.41) is 41.6. The van der Waals surface area contributed by atoms with Gasteiger partial charge < -0.3 is 29.9 Å². The highest BCUT2D eigenvalue weighted by molar-refractivity contribution is 6.06. The quantitative estimate of drug-likeness (QED) is 0.360. The zero-order chi connectivity index (χ0) is 23.1. The van der Waals surface area contributed by atoms with Gasteiger partial charge in [-0.15, -0.1) is 0 Å². The first-order chi connectivity index (χ1) is 14.6. The average Bonchev–Trinajstić information content (AvgIpc) is 3.45. The van der Waals surface area contributed by atoms with E-state index in [1.807, 2.05) is 13.8 Å². The molecule has 3 rings (SSSR count). The lowest BCUT2D eigenvalue weighted by molar-refractivity contribution is -0.239. The molecular formula is C23H32O8. The fourth-order valence-electron chi connectivity index (χ4n) is 4.56. The van der Waals surface area contributed by atoms with E-state index in [1.54, 1.807) is 13.8 Å². The van der Waals surface area contributed by atoms with Crippen LogP contribution in [0.1, 0.15) is 74.1 Å². The van der Waals surface area contributed by atoms with E-state index in [1.165, 1.54) is 6.07 Å². The van der Waals surface area contributed by atoms with Crippen LogP contribution in [0.25, 0.3) is 0 Å². The van der Waals surface area contributed by atoms with Crippen molar-refractivity contribution in [3.05, 3.63) is 23.3 Å². The maximum Gasteiger partial charge on any atom is 0.189 e. The van der Waals surface area contributed by atoms with Gasteiger partial charge in [-0.2, -0.15) is 0 Å². The molecular weight excluding hydrogens is 404 g/mol. The van der Waals surface area contributed by atoms with E-state index in [-0.39, 0.29) is 29.4 Å². The minimum Gasteiger partial charge on any atom is -0.507 e. The molecule has 0 aromatic heterocycles.